The number of hydrogen-bond donors (Lipinski definition) is 2. The maximum atomic E-state index is 13.2. The fraction of sp³-hybridized carbons (Fsp3) is 0.345. The van der Waals surface area contributed by atoms with E-state index >= 15 is 0 Å². The summed E-state index contributed by atoms with van der Waals surface area (Å²) in [6.07, 6.45) is -1.22. The number of anilines is 1. The summed E-state index contributed by atoms with van der Waals surface area (Å²) in [6, 6.07) is 14.2. The van der Waals surface area contributed by atoms with Crippen LogP contribution in [0.1, 0.15) is 65.4 Å². The van der Waals surface area contributed by atoms with E-state index in [2.05, 4.69) is 20.3 Å². The normalized spacial score (nSPS) is 18.0. The van der Waals surface area contributed by atoms with Crippen molar-refractivity contribution >= 4 is 28.8 Å². The first-order chi connectivity index (χ1) is 19.7. The Hall–Kier alpha value is -4.48. The molecule has 0 bridgehead atoms. The van der Waals surface area contributed by atoms with Crippen LogP contribution in [0.4, 0.5) is 19.0 Å². The number of aromatic nitrogens is 4. The molecule has 1 saturated carbocycles. The van der Waals surface area contributed by atoms with Gasteiger partial charge in [0.25, 0.3) is 5.90 Å². The summed E-state index contributed by atoms with van der Waals surface area (Å²) in [7, 11) is 0. The molecule has 1 aliphatic heterocycles. The number of carbonyl (C=O) groups is 1. The molecule has 0 radical (unpaired) electrons. The molecule has 6 rings (SSSR count). The van der Waals surface area contributed by atoms with Crippen molar-refractivity contribution in [3.05, 3.63) is 82.9 Å². The Morgan fingerprint density at radius 3 is 2.46 bits per heavy atom. The molecular weight excluding hydrogens is 537 g/mol. The van der Waals surface area contributed by atoms with Gasteiger partial charge in [-0.3, -0.25) is 0 Å². The first-order valence-corrected chi connectivity index (χ1v) is 13.4. The van der Waals surface area contributed by atoms with E-state index in [9.17, 15) is 23.1 Å². The molecule has 212 valence electrons. The lowest BCUT2D eigenvalue weighted by Crippen LogP contribution is -2.31. The number of carboxylic acid groups (broad SMARTS) is 1. The zero-order chi connectivity index (χ0) is 28.7. The molecule has 3 heterocycles. The predicted molar refractivity (Wildman–Crippen MR) is 145 cm³/mol. The highest BCUT2D eigenvalue weighted by Crippen LogP contribution is 2.34. The number of benzene rings is 2. The van der Waals surface area contributed by atoms with Crippen LogP contribution in [0.2, 0.25) is 0 Å². The fourth-order valence-electron chi connectivity index (χ4n) is 5.15. The molecule has 4 aromatic rings. The van der Waals surface area contributed by atoms with Gasteiger partial charge in [-0.05, 0) is 48.9 Å². The lowest BCUT2D eigenvalue weighted by atomic mass is 9.80. The van der Waals surface area contributed by atoms with E-state index in [-0.39, 0.29) is 48.4 Å². The van der Waals surface area contributed by atoms with Gasteiger partial charge in [0, 0.05) is 6.04 Å². The molecule has 2 aromatic carbocycles. The van der Waals surface area contributed by atoms with Crippen LogP contribution in [0.5, 0.6) is 0 Å². The number of nitrogens with one attached hydrogen (secondary N) is 1. The van der Waals surface area contributed by atoms with Crippen LogP contribution in [-0.4, -0.2) is 49.1 Å². The number of ether oxygens (including phenoxy) is 1. The van der Waals surface area contributed by atoms with E-state index in [0.717, 1.165) is 37.0 Å². The lowest BCUT2D eigenvalue weighted by molar-refractivity contribution is -0.137. The van der Waals surface area contributed by atoms with Crippen molar-refractivity contribution in [2.75, 3.05) is 11.9 Å². The number of imidazole rings is 1. The van der Waals surface area contributed by atoms with E-state index in [1.807, 2.05) is 37.3 Å². The lowest BCUT2D eigenvalue weighted by Gasteiger charge is -2.32. The van der Waals surface area contributed by atoms with Gasteiger partial charge in [-0.2, -0.15) is 13.2 Å². The van der Waals surface area contributed by atoms with Gasteiger partial charge in [0.05, 0.1) is 12.1 Å². The van der Waals surface area contributed by atoms with Crippen molar-refractivity contribution in [2.45, 2.75) is 51.0 Å². The Morgan fingerprint density at radius 1 is 1.10 bits per heavy atom. The quantitative estimate of drug-likeness (QED) is 0.282. The molecule has 0 saturated heterocycles. The summed E-state index contributed by atoms with van der Waals surface area (Å²) in [5.74, 6) is -0.497. The van der Waals surface area contributed by atoms with Crippen LogP contribution < -0.4 is 5.32 Å². The number of rotatable bonds is 8. The molecular formula is C29H27F3N6O3. The maximum Gasteiger partial charge on any atom is 0.416 e. The van der Waals surface area contributed by atoms with Crippen molar-refractivity contribution in [3.8, 4) is 0 Å². The summed E-state index contributed by atoms with van der Waals surface area (Å²) in [5, 5.41) is 13.1. The molecule has 12 heteroatoms. The molecule has 9 nitrogen and oxygen atoms in total. The number of fused-ring (bicyclic) bond motifs is 1. The minimum atomic E-state index is -4.46. The van der Waals surface area contributed by atoms with Crippen LogP contribution >= 0.6 is 0 Å². The molecule has 2 N–H and O–H groups in total. The van der Waals surface area contributed by atoms with Crippen LogP contribution in [0.15, 0.2) is 59.6 Å². The van der Waals surface area contributed by atoms with Crippen LogP contribution in [-0.2, 0) is 17.5 Å². The Morgan fingerprint density at radius 2 is 1.83 bits per heavy atom. The van der Waals surface area contributed by atoms with Crippen LogP contribution in [0.3, 0.4) is 0 Å². The van der Waals surface area contributed by atoms with Gasteiger partial charge >= 0.3 is 12.1 Å². The van der Waals surface area contributed by atoms with Crippen molar-refractivity contribution in [2.24, 2.45) is 10.9 Å². The van der Waals surface area contributed by atoms with Crippen molar-refractivity contribution in [3.63, 3.8) is 0 Å². The second-order valence-electron chi connectivity index (χ2n) is 10.4. The molecule has 0 amide bonds. The highest BCUT2D eigenvalue weighted by Gasteiger charge is 2.32. The van der Waals surface area contributed by atoms with Gasteiger partial charge in [0.15, 0.2) is 17.3 Å². The smallest absolute Gasteiger partial charge is 0.416 e. The molecule has 2 aliphatic rings. The van der Waals surface area contributed by atoms with Crippen LogP contribution in [0.25, 0.3) is 11.2 Å². The third-order valence-electron chi connectivity index (χ3n) is 7.66. The highest BCUT2D eigenvalue weighted by atomic mass is 19.4. The molecule has 0 spiro atoms. The van der Waals surface area contributed by atoms with Crippen molar-refractivity contribution in [1.29, 1.82) is 0 Å². The van der Waals surface area contributed by atoms with E-state index in [1.165, 1.54) is 12.1 Å². The highest BCUT2D eigenvalue weighted by molar-refractivity contribution is 5.98. The zero-order valence-corrected chi connectivity index (χ0v) is 22.1. The summed E-state index contributed by atoms with van der Waals surface area (Å²) in [4.78, 5) is 29.8. The first kappa shape index (κ1) is 26.7. The Balaban J connectivity index is 1.48. The summed E-state index contributed by atoms with van der Waals surface area (Å²) in [6.45, 7) is 2.40. The third kappa shape index (κ3) is 5.33. The van der Waals surface area contributed by atoms with E-state index in [1.54, 1.807) is 4.57 Å². The molecule has 1 aliphatic carbocycles. The van der Waals surface area contributed by atoms with Gasteiger partial charge in [0.2, 0.25) is 5.82 Å². The van der Waals surface area contributed by atoms with Gasteiger partial charge < -0.3 is 19.7 Å². The zero-order valence-electron chi connectivity index (χ0n) is 22.1. The van der Waals surface area contributed by atoms with Crippen molar-refractivity contribution < 1.29 is 27.8 Å². The van der Waals surface area contributed by atoms with E-state index < -0.39 is 23.5 Å². The number of hydrogen-bond acceptors (Lipinski definition) is 7. The Kier molecular flexibility index (Phi) is 6.84. The summed E-state index contributed by atoms with van der Waals surface area (Å²) in [5.41, 5.74) is 1.31. The largest absolute Gasteiger partial charge is 0.475 e. The maximum absolute atomic E-state index is 13.2. The van der Waals surface area contributed by atoms with Crippen molar-refractivity contribution in [1.82, 2.24) is 19.5 Å². The minimum absolute atomic E-state index is 0.00361. The second-order valence-corrected chi connectivity index (χ2v) is 10.4. The summed E-state index contributed by atoms with van der Waals surface area (Å²) < 4.78 is 47.3. The SMILES string of the molecule is C[C@@H](Nc1nc(C(=O)O)nc2nc(C3=NC(c4ccccc4)CO3)n(Cc3ccc(C(F)(F)F)cc3)c12)C1CCC1. The monoisotopic (exact) mass is 564 g/mol. The predicted octanol–water partition coefficient (Wildman–Crippen LogP) is 5.71. The third-order valence-corrected chi connectivity index (χ3v) is 7.66. The average Bonchev–Trinajstić information content (AvgIpc) is 3.53. The topological polar surface area (TPSA) is 115 Å². The van der Waals surface area contributed by atoms with Gasteiger partial charge in [-0.15, -0.1) is 0 Å². The van der Waals surface area contributed by atoms with Gasteiger partial charge in [-0.25, -0.2) is 24.7 Å². The number of aliphatic imine (C=N–C) groups is 1. The Bertz CT molecular complexity index is 1620. The minimum Gasteiger partial charge on any atom is -0.475 e. The molecule has 2 atom stereocenters. The molecule has 2 aromatic heterocycles. The van der Waals surface area contributed by atoms with Gasteiger partial charge in [0.1, 0.15) is 18.2 Å². The fourth-order valence-corrected chi connectivity index (χ4v) is 5.15. The molecule has 41 heavy (non-hydrogen) atoms. The van der Waals surface area contributed by atoms with E-state index in [4.69, 9.17) is 9.73 Å². The molecule has 1 fully saturated rings. The van der Waals surface area contributed by atoms with Gasteiger partial charge in [-0.1, -0.05) is 48.9 Å². The average molecular weight is 565 g/mol. The first-order valence-electron chi connectivity index (χ1n) is 13.4. The number of nitrogens with zero attached hydrogens (tertiary/aromatic N) is 5. The Labute approximate surface area is 233 Å². The number of alkyl halides is 3. The standard InChI is InChI=1S/C29H27F3N6O3/c1-16(18-8-5-9-18)33-23-22-24(36-25(35-23)28(39)40)37-26(27-34-21(15-41-27)19-6-3-2-4-7-19)38(22)14-17-10-12-20(13-11-17)29(30,31)32/h2-4,6-7,10-13,16,18,21H,5,8-9,14-15H2,1H3,(H,39,40)(H,33,35,36)/t16-,21?/m1/s1. The summed E-state index contributed by atoms with van der Waals surface area (Å²) >= 11 is 0. The van der Waals surface area contributed by atoms with E-state index in [0.29, 0.717) is 17.0 Å². The number of halogens is 3. The number of carboxylic acids is 1. The van der Waals surface area contributed by atoms with Crippen LogP contribution in [0, 0.1) is 5.92 Å². The second kappa shape index (κ2) is 10.5. The number of aromatic carboxylic acids is 1. The molecule has 1 unspecified atom stereocenters.